The van der Waals surface area contributed by atoms with Crippen LogP contribution >= 0.6 is 0 Å². The van der Waals surface area contributed by atoms with Gasteiger partial charge in [-0.3, -0.25) is 4.99 Å². The van der Waals surface area contributed by atoms with Gasteiger partial charge in [-0.05, 0) is 39.7 Å². The number of carbonyl (C=O) groups is 1. The van der Waals surface area contributed by atoms with Crippen molar-refractivity contribution in [1.82, 2.24) is 15.5 Å². The molecule has 2 atom stereocenters. The predicted octanol–water partition coefficient (Wildman–Crippen LogP) is 2.94. The lowest BCUT2D eigenvalue weighted by atomic mass is 10.1. The lowest BCUT2D eigenvalue weighted by Crippen LogP contribution is -2.44. The Morgan fingerprint density at radius 1 is 1.32 bits per heavy atom. The van der Waals surface area contributed by atoms with Gasteiger partial charge in [0, 0.05) is 26.7 Å². The number of carbonyl (C=O) groups excluding carboxylic acids is 1. The third kappa shape index (κ3) is 7.03. The van der Waals surface area contributed by atoms with Gasteiger partial charge in [-0.25, -0.2) is 4.79 Å². The van der Waals surface area contributed by atoms with Gasteiger partial charge in [0.15, 0.2) is 5.96 Å². The summed E-state index contributed by atoms with van der Waals surface area (Å²) in [5.41, 5.74) is 0.612. The SMILES string of the molecule is CCNC(=NCC(OC)c1ccccc1)N1CCC(NC(=O)OC(C)(C)C)C1. The largest absolute Gasteiger partial charge is 0.444 e. The van der Waals surface area contributed by atoms with E-state index in [-0.39, 0.29) is 18.2 Å². The highest BCUT2D eigenvalue weighted by Crippen LogP contribution is 2.17. The molecule has 7 heteroatoms. The number of rotatable bonds is 6. The van der Waals surface area contributed by atoms with Crippen LogP contribution in [0.2, 0.25) is 0 Å². The Labute approximate surface area is 168 Å². The first kappa shape index (κ1) is 22.0. The summed E-state index contributed by atoms with van der Waals surface area (Å²) in [4.78, 5) is 19.0. The quantitative estimate of drug-likeness (QED) is 0.577. The molecular formula is C21H34N4O3. The number of amides is 1. The number of hydrogen-bond donors (Lipinski definition) is 2. The molecule has 0 aromatic heterocycles. The number of ether oxygens (including phenoxy) is 2. The maximum atomic E-state index is 12.0. The Kier molecular flexibility index (Phi) is 8.11. The zero-order valence-electron chi connectivity index (χ0n) is 17.7. The molecule has 2 N–H and O–H groups in total. The predicted molar refractivity (Wildman–Crippen MR) is 112 cm³/mol. The number of benzene rings is 1. The van der Waals surface area contributed by atoms with E-state index in [0.29, 0.717) is 13.1 Å². The van der Waals surface area contributed by atoms with Crippen molar-refractivity contribution < 1.29 is 14.3 Å². The van der Waals surface area contributed by atoms with Crippen molar-refractivity contribution >= 4 is 12.1 Å². The van der Waals surface area contributed by atoms with E-state index in [0.717, 1.165) is 31.0 Å². The summed E-state index contributed by atoms with van der Waals surface area (Å²) in [6.45, 7) is 10.5. The third-order valence-corrected chi connectivity index (χ3v) is 4.41. The minimum absolute atomic E-state index is 0.0473. The van der Waals surface area contributed by atoms with Crippen LogP contribution in [0.1, 0.15) is 45.8 Å². The number of guanidine groups is 1. The number of alkyl carbamates (subject to hydrolysis) is 1. The molecule has 0 saturated carbocycles. The van der Waals surface area contributed by atoms with Gasteiger partial charge in [0.05, 0.1) is 12.6 Å². The average Bonchev–Trinajstić information content (AvgIpc) is 3.08. The minimum atomic E-state index is -0.495. The number of likely N-dealkylation sites (tertiary alicyclic amines) is 1. The molecule has 1 amide bonds. The molecule has 1 aromatic carbocycles. The topological polar surface area (TPSA) is 75.2 Å². The van der Waals surface area contributed by atoms with E-state index in [9.17, 15) is 4.79 Å². The fraction of sp³-hybridized carbons (Fsp3) is 0.619. The molecule has 1 aliphatic rings. The van der Waals surface area contributed by atoms with Gasteiger partial charge in [-0.2, -0.15) is 0 Å². The summed E-state index contributed by atoms with van der Waals surface area (Å²) in [5.74, 6) is 0.842. The second-order valence-electron chi connectivity index (χ2n) is 7.91. The molecule has 1 heterocycles. The maximum Gasteiger partial charge on any atom is 0.407 e. The van der Waals surface area contributed by atoms with Crippen LogP contribution in [0.5, 0.6) is 0 Å². The molecule has 7 nitrogen and oxygen atoms in total. The van der Waals surface area contributed by atoms with Gasteiger partial charge in [-0.1, -0.05) is 30.3 Å². The lowest BCUT2D eigenvalue weighted by molar-refractivity contribution is 0.0507. The Hall–Kier alpha value is -2.28. The van der Waals surface area contributed by atoms with E-state index in [4.69, 9.17) is 14.5 Å². The highest BCUT2D eigenvalue weighted by Gasteiger charge is 2.28. The molecule has 2 unspecified atom stereocenters. The molecule has 2 rings (SSSR count). The molecule has 28 heavy (non-hydrogen) atoms. The van der Waals surface area contributed by atoms with Crippen molar-refractivity contribution in [2.24, 2.45) is 4.99 Å². The summed E-state index contributed by atoms with van der Waals surface area (Å²) in [7, 11) is 1.71. The second-order valence-corrected chi connectivity index (χ2v) is 7.91. The number of nitrogens with zero attached hydrogens (tertiary/aromatic N) is 2. The third-order valence-electron chi connectivity index (χ3n) is 4.41. The molecule has 0 spiro atoms. The van der Waals surface area contributed by atoms with E-state index in [1.165, 1.54) is 0 Å². The zero-order valence-corrected chi connectivity index (χ0v) is 17.7. The molecule has 0 aliphatic carbocycles. The normalized spacial score (nSPS) is 18.7. The molecule has 1 fully saturated rings. The van der Waals surface area contributed by atoms with Crippen LogP contribution in [0.3, 0.4) is 0 Å². The van der Waals surface area contributed by atoms with Crippen LogP contribution in [0.4, 0.5) is 4.79 Å². The Morgan fingerprint density at radius 3 is 2.64 bits per heavy atom. The monoisotopic (exact) mass is 390 g/mol. The van der Waals surface area contributed by atoms with Crippen LogP contribution < -0.4 is 10.6 Å². The number of hydrogen-bond acceptors (Lipinski definition) is 4. The van der Waals surface area contributed by atoms with Crippen LogP contribution in [-0.4, -0.2) is 61.9 Å². The Bertz CT molecular complexity index is 643. The highest BCUT2D eigenvalue weighted by atomic mass is 16.6. The fourth-order valence-electron chi connectivity index (χ4n) is 3.12. The first-order chi connectivity index (χ1) is 13.3. The van der Waals surface area contributed by atoms with E-state index >= 15 is 0 Å². The van der Waals surface area contributed by atoms with Crippen molar-refractivity contribution in [3.05, 3.63) is 35.9 Å². The lowest BCUT2D eigenvalue weighted by Gasteiger charge is -2.24. The molecule has 1 aliphatic heterocycles. The summed E-state index contributed by atoms with van der Waals surface area (Å²) >= 11 is 0. The zero-order chi connectivity index (χ0) is 20.6. The summed E-state index contributed by atoms with van der Waals surface area (Å²) in [6.07, 6.45) is 0.397. The van der Waals surface area contributed by atoms with Gasteiger partial charge < -0.3 is 25.0 Å². The Morgan fingerprint density at radius 2 is 2.04 bits per heavy atom. The second kappa shape index (κ2) is 10.3. The minimum Gasteiger partial charge on any atom is -0.444 e. The smallest absolute Gasteiger partial charge is 0.407 e. The summed E-state index contributed by atoms with van der Waals surface area (Å²) < 4.78 is 11.0. The molecule has 1 saturated heterocycles. The van der Waals surface area contributed by atoms with Crippen LogP contribution in [-0.2, 0) is 9.47 Å². The van der Waals surface area contributed by atoms with Gasteiger partial charge >= 0.3 is 6.09 Å². The summed E-state index contributed by atoms with van der Waals surface area (Å²) in [5, 5.41) is 6.30. The fourth-order valence-corrected chi connectivity index (χ4v) is 3.12. The molecule has 156 valence electrons. The van der Waals surface area contributed by atoms with Crippen molar-refractivity contribution in [1.29, 1.82) is 0 Å². The van der Waals surface area contributed by atoms with Crippen molar-refractivity contribution in [2.45, 2.75) is 51.9 Å². The number of methoxy groups -OCH3 is 1. The van der Waals surface area contributed by atoms with Gasteiger partial charge in [0.25, 0.3) is 0 Å². The van der Waals surface area contributed by atoms with Gasteiger partial charge in [0.2, 0.25) is 0 Å². The van der Waals surface area contributed by atoms with Crippen molar-refractivity contribution in [3.8, 4) is 0 Å². The van der Waals surface area contributed by atoms with E-state index in [2.05, 4.69) is 15.5 Å². The Balaban J connectivity index is 1.96. The van der Waals surface area contributed by atoms with Crippen LogP contribution in [0.15, 0.2) is 35.3 Å². The maximum absolute atomic E-state index is 12.0. The average molecular weight is 391 g/mol. The van der Waals surface area contributed by atoms with Crippen molar-refractivity contribution in [3.63, 3.8) is 0 Å². The van der Waals surface area contributed by atoms with Crippen molar-refractivity contribution in [2.75, 3.05) is 33.3 Å². The van der Waals surface area contributed by atoms with E-state index < -0.39 is 5.60 Å². The number of nitrogens with one attached hydrogen (secondary N) is 2. The standard InChI is InChI=1S/C21H34N4O3/c1-6-22-19(23-14-18(27-5)16-10-8-7-9-11-16)25-13-12-17(15-25)24-20(26)28-21(2,3)4/h7-11,17-18H,6,12-15H2,1-5H3,(H,22,23)(H,24,26). The molecule has 1 aromatic rings. The first-order valence-electron chi connectivity index (χ1n) is 9.93. The van der Waals surface area contributed by atoms with Crippen LogP contribution in [0, 0.1) is 0 Å². The number of aliphatic imine (C=N–C) groups is 1. The highest BCUT2D eigenvalue weighted by molar-refractivity contribution is 5.80. The molecule has 0 radical (unpaired) electrons. The van der Waals surface area contributed by atoms with Crippen LogP contribution in [0.25, 0.3) is 0 Å². The molecular weight excluding hydrogens is 356 g/mol. The van der Waals surface area contributed by atoms with Gasteiger partial charge in [-0.15, -0.1) is 0 Å². The summed E-state index contributed by atoms with van der Waals surface area (Å²) in [6, 6.07) is 10.1. The van der Waals surface area contributed by atoms with Gasteiger partial charge in [0.1, 0.15) is 11.7 Å². The molecule has 0 bridgehead atoms. The van der Waals surface area contributed by atoms with E-state index in [1.54, 1.807) is 7.11 Å². The van der Waals surface area contributed by atoms with E-state index in [1.807, 2.05) is 58.0 Å². The first-order valence-corrected chi connectivity index (χ1v) is 9.93.